The molecule has 5 amide bonds. The molecule has 1 atom stereocenters. The molecular weight excluding hydrogens is 1570 g/mol. The van der Waals surface area contributed by atoms with Gasteiger partial charge in [-0.05, 0) is 90.8 Å². The molecule has 2 aromatic heterocycles. The molecule has 0 unspecified atom stereocenters. The number of aromatic hydroxyl groups is 4. The zero-order valence-electron chi connectivity index (χ0n) is 62.1. The molecular formula is C74H99LuN17O17. The normalized spacial score (nSPS) is 15.9. The molecule has 3 saturated heterocycles. The van der Waals surface area contributed by atoms with Crippen LogP contribution in [-0.4, -0.2) is 313 Å². The molecule has 9 rings (SSSR count). The molecule has 1 radical (unpaired) electrons. The van der Waals surface area contributed by atoms with E-state index in [4.69, 9.17) is 0 Å². The third kappa shape index (κ3) is 23.1. The second-order valence-corrected chi connectivity index (χ2v) is 28.0. The Morgan fingerprint density at radius 3 is 1.13 bits per heavy atom. The van der Waals surface area contributed by atoms with Crippen molar-refractivity contribution in [1.82, 2.24) is 84.7 Å². The van der Waals surface area contributed by atoms with Gasteiger partial charge < -0.3 is 66.6 Å². The van der Waals surface area contributed by atoms with E-state index in [0.717, 1.165) is 11.1 Å². The topological polar surface area (TPSA) is 439 Å². The molecule has 3 aliphatic heterocycles. The minimum Gasteiger partial charge on any atom is -0.508 e. The van der Waals surface area contributed by atoms with Crippen molar-refractivity contribution in [3.8, 4) is 57.1 Å². The fourth-order valence-electron chi connectivity index (χ4n) is 13.8. The first-order valence-electron chi connectivity index (χ1n) is 36.4. The Hall–Kier alpha value is -9.42. The van der Waals surface area contributed by atoms with Gasteiger partial charge in [0.2, 0.25) is 29.4 Å². The molecule has 3 fully saturated rings. The van der Waals surface area contributed by atoms with E-state index in [-0.39, 0.29) is 203 Å². The summed E-state index contributed by atoms with van der Waals surface area (Å²) in [6.45, 7) is 15.0. The SMILES string of the molecule is CCNC(=O)c1nnc(-c2cc(C(C)C)c(O)cc2O)n1-c1ccc(CN2CCN(C(=O)CC(CC(=O)N3CCN(Cc4ccc(-n5c(C(=O)NCC)nnc5-c5cc(C(C)C)c(O)cc5O)cc4)CC3)NC(=O)CC[C@H](C(=O)O)N3CCN(CC(=O)O)CCN(CC(=O)O)CCN(CC(=O)O)CC3)CC2)cc1.[Lu]. The van der Waals surface area contributed by atoms with Gasteiger partial charge in [-0.15, -0.1) is 20.4 Å². The number of hydrogen-bond acceptors (Lipinski definition) is 23. The maximum atomic E-state index is 14.5. The fourth-order valence-corrected chi connectivity index (χ4v) is 13.8. The first-order valence-corrected chi connectivity index (χ1v) is 36.4. The van der Waals surface area contributed by atoms with Crippen LogP contribution < -0.4 is 16.0 Å². The van der Waals surface area contributed by atoms with Gasteiger partial charge in [-0.3, -0.25) is 81.7 Å². The molecule has 0 bridgehead atoms. The predicted molar refractivity (Wildman–Crippen MR) is 394 cm³/mol. The van der Waals surface area contributed by atoms with E-state index >= 15 is 0 Å². The summed E-state index contributed by atoms with van der Waals surface area (Å²) in [5, 5.41) is 109. The van der Waals surface area contributed by atoms with Crippen LogP contribution in [0.1, 0.15) is 123 Å². The van der Waals surface area contributed by atoms with Crippen molar-refractivity contribution in [3.63, 3.8) is 0 Å². The van der Waals surface area contributed by atoms with Crippen LogP contribution in [-0.2, 0) is 46.7 Å². The van der Waals surface area contributed by atoms with Crippen LogP contribution >= 0.6 is 0 Å². The number of aliphatic carboxylic acids is 4. The van der Waals surface area contributed by atoms with E-state index in [1.54, 1.807) is 64.5 Å². The molecule has 35 heteroatoms. The minimum atomic E-state index is -1.33. The smallest absolute Gasteiger partial charge is 0.320 e. The summed E-state index contributed by atoms with van der Waals surface area (Å²) in [6, 6.07) is 18.2. The molecule has 0 aliphatic carbocycles. The summed E-state index contributed by atoms with van der Waals surface area (Å²) in [7, 11) is 0. The van der Waals surface area contributed by atoms with Gasteiger partial charge in [0.05, 0.1) is 30.8 Å². The molecule has 5 heterocycles. The van der Waals surface area contributed by atoms with Crippen molar-refractivity contribution in [2.45, 2.75) is 104 Å². The molecule has 0 saturated carbocycles. The number of carboxylic acid groups (broad SMARTS) is 4. The van der Waals surface area contributed by atoms with Gasteiger partial charge in [-0.1, -0.05) is 52.0 Å². The molecule has 11 N–H and O–H groups in total. The first-order chi connectivity index (χ1) is 51.6. The van der Waals surface area contributed by atoms with Gasteiger partial charge >= 0.3 is 23.9 Å². The number of amides is 5. The van der Waals surface area contributed by atoms with Crippen molar-refractivity contribution < 1.29 is 121 Å². The van der Waals surface area contributed by atoms with Crippen molar-refractivity contribution in [3.05, 3.63) is 107 Å². The zero-order chi connectivity index (χ0) is 78.0. The molecule has 597 valence electrons. The standard InChI is InChI=1S/C74H99N17O17.Lu/c1-7-75-72(105)70-80-78-68(55-37-53(46(3)4)58(92)39-60(55)94)90(70)51-13-9-48(10-14-51)41-82-25-31-88(32-26-82)63(97)35-50(77-62(96)18-17-57(74(107)108)87-29-23-85(44-66(101)102)21-19-84(43-65(99)100)20-22-86(24-30-87)45-67(103)104)36-64(98)89-33-27-83(28-34-89)42-49-11-15-52(16-12-49)91-69(79-81-71(91)73(106)76-8-2)56-38-54(47(5)6)59(93)40-61(56)95;/h9-16,37-40,46-47,50,57,92-95H,7-8,17-36,41-45H2,1-6H3,(H,75,105)(H,76,106)(H,77,96)(H,99,100)(H,101,102)(H,103,104)(H,107,108);/t57-;/m1./s1. The average Bonchev–Trinajstić information content (AvgIpc) is 1.67. The largest absolute Gasteiger partial charge is 0.508 e. The number of phenolic OH excluding ortho intramolecular Hbond substituents is 4. The summed E-state index contributed by atoms with van der Waals surface area (Å²) >= 11 is 0. The van der Waals surface area contributed by atoms with Gasteiger partial charge in [0.1, 0.15) is 29.0 Å². The second-order valence-electron chi connectivity index (χ2n) is 28.0. The third-order valence-corrected chi connectivity index (χ3v) is 19.6. The number of benzene rings is 4. The number of carboxylic acids is 4. The number of carbonyl (C=O) groups is 9. The number of piperazine rings is 2. The van der Waals surface area contributed by atoms with E-state index in [1.807, 2.05) is 76.2 Å². The van der Waals surface area contributed by atoms with Gasteiger partial charge in [0.15, 0.2) is 11.6 Å². The molecule has 3 aliphatic rings. The predicted octanol–water partition coefficient (Wildman–Crippen LogP) is 2.71. The summed E-state index contributed by atoms with van der Waals surface area (Å²) < 4.78 is 3.09. The minimum absolute atomic E-state index is 0. The molecule has 34 nitrogen and oxygen atoms in total. The van der Waals surface area contributed by atoms with Gasteiger partial charge in [-0.2, -0.15) is 0 Å². The quantitative estimate of drug-likeness (QED) is 0.0309. The number of nitrogens with zero attached hydrogens (tertiary/aromatic N) is 14. The van der Waals surface area contributed by atoms with Gasteiger partial charge in [0, 0.05) is 217 Å². The average molecular weight is 1670 g/mol. The van der Waals surface area contributed by atoms with E-state index in [1.165, 1.54) is 12.1 Å². The summed E-state index contributed by atoms with van der Waals surface area (Å²) in [4.78, 5) is 133. The molecule has 4 aromatic carbocycles. The van der Waals surface area contributed by atoms with Crippen LogP contribution in [0.15, 0.2) is 72.8 Å². The molecule has 0 spiro atoms. The monoisotopic (exact) mass is 1670 g/mol. The Morgan fingerprint density at radius 1 is 0.450 bits per heavy atom. The van der Waals surface area contributed by atoms with E-state index in [0.29, 0.717) is 101 Å². The van der Waals surface area contributed by atoms with Crippen LogP contribution in [0, 0.1) is 36.9 Å². The molecule has 6 aromatic rings. The number of carbonyl (C=O) groups excluding carboxylic acids is 5. The van der Waals surface area contributed by atoms with E-state index in [2.05, 4.69) is 46.1 Å². The maximum absolute atomic E-state index is 14.5. The zero-order valence-corrected chi connectivity index (χ0v) is 63.8. The maximum Gasteiger partial charge on any atom is 0.320 e. The number of hydrogen-bond donors (Lipinski definition) is 11. The Bertz CT molecular complexity index is 3940. The summed E-state index contributed by atoms with van der Waals surface area (Å²) in [5.74, 6) is -7.57. The van der Waals surface area contributed by atoms with Crippen LogP contribution in [0.4, 0.5) is 0 Å². The van der Waals surface area contributed by atoms with Crippen LogP contribution in [0.25, 0.3) is 34.2 Å². The third-order valence-electron chi connectivity index (χ3n) is 19.6. The summed E-state index contributed by atoms with van der Waals surface area (Å²) in [6.07, 6.45) is -1.18. The van der Waals surface area contributed by atoms with Crippen LogP contribution in [0.5, 0.6) is 23.0 Å². The number of phenols is 4. The molecule has 109 heavy (non-hydrogen) atoms. The number of rotatable bonds is 30. The van der Waals surface area contributed by atoms with Crippen LogP contribution in [0.2, 0.25) is 0 Å². The number of nitrogens with one attached hydrogen (secondary N) is 3. The van der Waals surface area contributed by atoms with E-state index < -0.39 is 66.8 Å². The summed E-state index contributed by atoms with van der Waals surface area (Å²) in [5.41, 5.74) is 4.52. The Kier molecular flexibility index (Phi) is 31.1. The van der Waals surface area contributed by atoms with Gasteiger partial charge in [-0.25, -0.2) is 0 Å². The van der Waals surface area contributed by atoms with E-state index in [9.17, 15) is 84.0 Å². The van der Waals surface area contributed by atoms with Gasteiger partial charge in [0.25, 0.3) is 11.8 Å². The van der Waals surface area contributed by atoms with Crippen molar-refractivity contribution in [2.24, 2.45) is 0 Å². The fraction of sp³-hybridized carbons (Fsp3) is 0.500. The van der Waals surface area contributed by atoms with Crippen molar-refractivity contribution in [1.29, 1.82) is 0 Å². The van der Waals surface area contributed by atoms with Crippen molar-refractivity contribution in [2.75, 3.05) is 137 Å². The second kappa shape index (κ2) is 39.8. The Balaban J connectivity index is 0.0000150. The Morgan fingerprint density at radius 2 is 0.798 bits per heavy atom. The first kappa shape index (κ1) is 85.2. The number of aromatic nitrogens is 6. The van der Waals surface area contributed by atoms with Crippen LogP contribution in [0.3, 0.4) is 0 Å². The van der Waals surface area contributed by atoms with Crippen molar-refractivity contribution >= 4 is 53.4 Å². The Labute approximate surface area is 660 Å².